The van der Waals surface area contributed by atoms with Crippen LogP contribution >= 0.6 is 11.3 Å². The van der Waals surface area contributed by atoms with E-state index in [-0.39, 0.29) is 5.91 Å². The van der Waals surface area contributed by atoms with E-state index in [1.165, 1.54) is 23.3 Å². The molecule has 0 atom stereocenters. The molecule has 4 nitrogen and oxygen atoms in total. The van der Waals surface area contributed by atoms with Gasteiger partial charge < -0.3 is 9.42 Å². The van der Waals surface area contributed by atoms with Crippen LogP contribution in [0.15, 0.2) is 16.7 Å². The summed E-state index contributed by atoms with van der Waals surface area (Å²) < 4.78 is 5.03. The summed E-state index contributed by atoms with van der Waals surface area (Å²) in [4.78, 5) is 16.4. The number of rotatable bonds is 3. The Kier molecular flexibility index (Phi) is 3.61. The van der Waals surface area contributed by atoms with Crippen molar-refractivity contribution in [2.75, 3.05) is 7.05 Å². The highest BCUT2D eigenvalue weighted by Crippen LogP contribution is 2.30. The zero-order valence-electron chi connectivity index (χ0n) is 11.8. The first-order valence-corrected chi connectivity index (χ1v) is 7.74. The van der Waals surface area contributed by atoms with Crippen molar-refractivity contribution in [3.05, 3.63) is 38.9 Å². The lowest BCUT2D eigenvalue weighted by atomic mass is 9.99. The minimum atomic E-state index is 0.0741. The number of carbonyl (C=O) groups is 1. The van der Waals surface area contributed by atoms with E-state index in [1.54, 1.807) is 16.2 Å². The molecule has 3 rings (SSSR count). The van der Waals surface area contributed by atoms with Crippen LogP contribution in [0.4, 0.5) is 0 Å². The molecule has 0 spiro atoms. The number of fused-ring (bicyclic) bond motifs is 1. The fourth-order valence-electron chi connectivity index (χ4n) is 2.59. The Morgan fingerprint density at radius 3 is 2.90 bits per heavy atom. The zero-order chi connectivity index (χ0) is 14.1. The quantitative estimate of drug-likeness (QED) is 0.872. The van der Waals surface area contributed by atoms with Crippen molar-refractivity contribution < 1.29 is 9.32 Å². The Hall–Kier alpha value is -1.62. The van der Waals surface area contributed by atoms with Crippen LogP contribution in [-0.2, 0) is 19.4 Å². The van der Waals surface area contributed by atoms with E-state index in [1.807, 2.05) is 20.0 Å². The van der Waals surface area contributed by atoms with Crippen LogP contribution in [0, 0.1) is 6.92 Å². The molecule has 2 aromatic rings. The van der Waals surface area contributed by atoms with Gasteiger partial charge in [0.2, 0.25) is 0 Å². The highest BCUT2D eigenvalue weighted by atomic mass is 32.1. The van der Waals surface area contributed by atoms with Crippen molar-refractivity contribution in [2.24, 2.45) is 0 Å². The van der Waals surface area contributed by atoms with Gasteiger partial charge in [0, 0.05) is 18.0 Å². The molecule has 1 aliphatic carbocycles. The molecule has 106 valence electrons. The molecule has 2 aromatic heterocycles. The Balaban J connectivity index is 1.73. The van der Waals surface area contributed by atoms with Crippen molar-refractivity contribution >= 4 is 17.2 Å². The molecule has 0 fully saturated rings. The molecule has 2 heterocycles. The molecule has 0 aliphatic heterocycles. The summed E-state index contributed by atoms with van der Waals surface area (Å²) in [7, 11) is 1.81. The number of nitrogens with zero attached hydrogens (tertiary/aromatic N) is 2. The van der Waals surface area contributed by atoms with Crippen molar-refractivity contribution in [1.29, 1.82) is 0 Å². The molecule has 0 N–H and O–H groups in total. The van der Waals surface area contributed by atoms with E-state index in [0.29, 0.717) is 6.54 Å². The van der Waals surface area contributed by atoms with Gasteiger partial charge in [0.1, 0.15) is 11.5 Å². The summed E-state index contributed by atoms with van der Waals surface area (Å²) in [5, 5.41) is 3.93. The fraction of sp³-hybridized carbons (Fsp3) is 0.467. The lowest BCUT2D eigenvalue weighted by molar-refractivity contribution is 0.0787. The average molecular weight is 290 g/mol. The molecule has 0 unspecified atom stereocenters. The second-order valence-corrected chi connectivity index (χ2v) is 6.49. The van der Waals surface area contributed by atoms with Gasteiger partial charge in [-0.2, -0.15) is 0 Å². The number of carbonyl (C=O) groups excluding carboxylic acids is 1. The summed E-state index contributed by atoms with van der Waals surface area (Å²) in [5.41, 5.74) is 2.16. The van der Waals surface area contributed by atoms with Crippen molar-refractivity contribution in [3.63, 3.8) is 0 Å². The second kappa shape index (κ2) is 5.40. The van der Waals surface area contributed by atoms with Gasteiger partial charge in [-0.25, -0.2) is 0 Å². The first-order valence-electron chi connectivity index (χ1n) is 6.93. The Morgan fingerprint density at radius 2 is 2.20 bits per heavy atom. The normalized spacial score (nSPS) is 14.1. The smallest absolute Gasteiger partial charge is 0.264 e. The summed E-state index contributed by atoms with van der Waals surface area (Å²) in [6.07, 6.45) is 4.73. The van der Waals surface area contributed by atoms with E-state index in [9.17, 15) is 4.79 Å². The highest BCUT2D eigenvalue weighted by molar-refractivity contribution is 7.14. The minimum Gasteiger partial charge on any atom is -0.361 e. The number of thiophene rings is 1. The van der Waals surface area contributed by atoms with Gasteiger partial charge in [0.05, 0.1) is 11.4 Å². The SMILES string of the molecule is Cc1cc(CN(C)C(=O)c2cc3c(s2)CCCC3)no1. The minimum absolute atomic E-state index is 0.0741. The maximum atomic E-state index is 12.5. The van der Waals surface area contributed by atoms with Crippen molar-refractivity contribution in [1.82, 2.24) is 10.1 Å². The lowest BCUT2D eigenvalue weighted by Gasteiger charge is -2.14. The lowest BCUT2D eigenvalue weighted by Crippen LogP contribution is -2.25. The second-order valence-electron chi connectivity index (χ2n) is 5.36. The average Bonchev–Trinajstić information content (AvgIpc) is 3.03. The Labute approximate surface area is 122 Å². The van der Waals surface area contributed by atoms with Gasteiger partial charge >= 0.3 is 0 Å². The van der Waals surface area contributed by atoms with Crippen LogP contribution in [0.3, 0.4) is 0 Å². The summed E-state index contributed by atoms with van der Waals surface area (Å²) >= 11 is 1.65. The molecule has 1 amide bonds. The maximum absolute atomic E-state index is 12.5. The summed E-state index contributed by atoms with van der Waals surface area (Å²) in [6.45, 7) is 2.34. The van der Waals surface area contributed by atoms with Crippen molar-refractivity contribution in [3.8, 4) is 0 Å². The molecular weight excluding hydrogens is 272 g/mol. The molecule has 20 heavy (non-hydrogen) atoms. The van der Waals surface area contributed by atoms with Gasteiger partial charge in [-0.3, -0.25) is 4.79 Å². The largest absolute Gasteiger partial charge is 0.361 e. The highest BCUT2D eigenvalue weighted by Gasteiger charge is 2.20. The molecule has 5 heteroatoms. The van der Waals surface area contributed by atoms with Crippen molar-refractivity contribution in [2.45, 2.75) is 39.2 Å². The number of amides is 1. The summed E-state index contributed by atoms with van der Waals surface area (Å²) in [6, 6.07) is 3.94. The van der Waals surface area contributed by atoms with Crippen LogP contribution < -0.4 is 0 Å². The maximum Gasteiger partial charge on any atom is 0.264 e. The first kappa shape index (κ1) is 13.4. The van der Waals surface area contributed by atoms with E-state index in [0.717, 1.165) is 29.2 Å². The van der Waals surface area contributed by atoms with E-state index in [4.69, 9.17) is 4.52 Å². The zero-order valence-corrected chi connectivity index (χ0v) is 12.6. The van der Waals surface area contributed by atoms with E-state index in [2.05, 4.69) is 11.2 Å². The monoisotopic (exact) mass is 290 g/mol. The number of hydrogen-bond acceptors (Lipinski definition) is 4. The Bertz CT molecular complexity index is 606. The summed E-state index contributed by atoms with van der Waals surface area (Å²) in [5.74, 6) is 0.845. The number of aryl methyl sites for hydroxylation is 3. The topological polar surface area (TPSA) is 46.3 Å². The van der Waals surface area contributed by atoms with Gasteiger partial charge in [-0.15, -0.1) is 11.3 Å². The molecular formula is C15H18N2O2S. The van der Waals surface area contributed by atoms with E-state index >= 15 is 0 Å². The third kappa shape index (κ3) is 2.63. The van der Waals surface area contributed by atoms with Crippen LogP contribution in [0.5, 0.6) is 0 Å². The standard InChI is InChI=1S/C15H18N2O2S/c1-10-7-12(16-19-10)9-17(2)15(18)14-8-11-5-3-4-6-13(11)20-14/h7-8H,3-6,9H2,1-2H3. The molecule has 1 aliphatic rings. The van der Waals surface area contributed by atoms with Crippen LogP contribution in [0.2, 0.25) is 0 Å². The van der Waals surface area contributed by atoms with E-state index < -0.39 is 0 Å². The first-order chi connectivity index (χ1) is 9.63. The number of hydrogen-bond donors (Lipinski definition) is 0. The predicted octanol–water partition coefficient (Wildman–Crippen LogP) is 3.20. The molecule has 0 radical (unpaired) electrons. The number of aromatic nitrogens is 1. The third-order valence-electron chi connectivity index (χ3n) is 3.63. The predicted molar refractivity (Wildman–Crippen MR) is 78.0 cm³/mol. The van der Waals surface area contributed by atoms with Gasteiger partial charge in [0.15, 0.2) is 0 Å². The van der Waals surface area contributed by atoms with Crippen LogP contribution in [-0.4, -0.2) is 23.0 Å². The van der Waals surface area contributed by atoms with Gasteiger partial charge in [-0.1, -0.05) is 5.16 Å². The molecule has 0 saturated heterocycles. The molecule has 0 aromatic carbocycles. The van der Waals surface area contributed by atoms with Crippen LogP contribution in [0.1, 0.15) is 44.4 Å². The molecule has 0 saturated carbocycles. The third-order valence-corrected chi connectivity index (χ3v) is 4.86. The molecule has 0 bridgehead atoms. The Morgan fingerprint density at radius 1 is 1.40 bits per heavy atom. The van der Waals surface area contributed by atoms with Gasteiger partial charge in [0.25, 0.3) is 5.91 Å². The van der Waals surface area contributed by atoms with Crippen LogP contribution in [0.25, 0.3) is 0 Å². The van der Waals surface area contributed by atoms with Gasteiger partial charge in [-0.05, 0) is 44.2 Å². The fourth-order valence-corrected chi connectivity index (χ4v) is 3.84.